The van der Waals surface area contributed by atoms with E-state index in [1.54, 1.807) is 0 Å². The largest absolute Gasteiger partial charge is 0.306 e. The van der Waals surface area contributed by atoms with Crippen molar-refractivity contribution >= 4 is 0 Å². The van der Waals surface area contributed by atoms with Gasteiger partial charge < -0.3 is 9.80 Å². The van der Waals surface area contributed by atoms with E-state index in [-0.39, 0.29) is 0 Å². The minimum Gasteiger partial charge on any atom is -0.306 e. The molecule has 1 saturated carbocycles. The van der Waals surface area contributed by atoms with Crippen LogP contribution in [0, 0.1) is 17.8 Å². The third kappa shape index (κ3) is 2.28. The van der Waals surface area contributed by atoms with Crippen LogP contribution in [0.3, 0.4) is 0 Å². The van der Waals surface area contributed by atoms with Crippen molar-refractivity contribution in [3.05, 3.63) is 0 Å². The Morgan fingerprint density at radius 3 is 2.12 bits per heavy atom. The molecule has 0 aromatic rings. The van der Waals surface area contributed by atoms with Crippen LogP contribution in [0.15, 0.2) is 0 Å². The van der Waals surface area contributed by atoms with Crippen molar-refractivity contribution in [2.24, 2.45) is 17.8 Å². The first kappa shape index (κ1) is 11.0. The maximum absolute atomic E-state index is 2.78. The molecule has 2 nitrogen and oxygen atoms in total. The van der Waals surface area contributed by atoms with Crippen LogP contribution in [-0.2, 0) is 0 Å². The summed E-state index contributed by atoms with van der Waals surface area (Å²) in [6, 6.07) is 0. The van der Waals surface area contributed by atoms with Crippen LogP contribution in [0.2, 0.25) is 0 Å². The van der Waals surface area contributed by atoms with Crippen LogP contribution in [0.5, 0.6) is 0 Å². The molecule has 3 rings (SSSR count). The van der Waals surface area contributed by atoms with Crippen LogP contribution >= 0.6 is 0 Å². The molecular weight excluding hydrogens is 196 g/mol. The maximum Gasteiger partial charge on any atom is 0.00258 e. The Morgan fingerprint density at radius 2 is 1.50 bits per heavy atom. The lowest BCUT2D eigenvalue weighted by molar-refractivity contribution is 0.212. The van der Waals surface area contributed by atoms with E-state index in [4.69, 9.17) is 0 Å². The predicted molar refractivity (Wildman–Crippen MR) is 67.5 cm³/mol. The molecule has 1 aliphatic carbocycles. The van der Waals surface area contributed by atoms with Gasteiger partial charge in [-0.05, 0) is 37.6 Å². The smallest absolute Gasteiger partial charge is 0.00258 e. The van der Waals surface area contributed by atoms with Crippen LogP contribution < -0.4 is 0 Å². The highest BCUT2D eigenvalue weighted by Crippen LogP contribution is 2.32. The normalized spacial score (nSPS) is 38.1. The summed E-state index contributed by atoms with van der Waals surface area (Å²) >= 11 is 0. The predicted octanol–water partition coefficient (Wildman–Crippen LogP) is 2.06. The number of likely N-dealkylation sites (tertiary alicyclic amines) is 2. The van der Waals surface area contributed by atoms with Crippen LogP contribution in [-0.4, -0.2) is 49.6 Å². The molecule has 0 N–H and O–H groups in total. The molecule has 2 unspecified atom stereocenters. The lowest BCUT2D eigenvalue weighted by Crippen LogP contribution is -2.31. The molecule has 3 fully saturated rings. The van der Waals surface area contributed by atoms with Gasteiger partial charge in [-0.3, -0.25) is 0 Å². The van der Waals surface area contributed by atoms with E-state index in [1.807, 2.05) is 0 Å². The third-order valence-corrected chi connectivity index (χ3v) is 4.99. The molecular formula is C14H26N2. The van der Waals surface area contributed by atoms with Crippen LogP contribution in [0.4, 0.5) is 0 Å². The zero-order valence-corrected chi connectivity index (χ0v) is 10.7. The molecule has 2 saturated heterocycles. The van der Waals surface area contributed by atoms with Gasteiger partial charge in [-0.25, -0.2) is 0 Å². The SMILES string of the molecule is CN1CC2CN(CC3CCCCC3)CC2C1. The highest BCUT2D eigenvalue weighted by atomic mass is 15.2. The van der Waals surface area contributed by atoms with E-state index in [9.17, 15) is 0 Å². The summed E-state index contributed by atoms with van der Waals surface area (Å²) in [4.78, 5) is 5.30. The first-order valence-electron chi connectivity index (χ1n) is 7.22. The molecule has 2 atom stereocenters. The van der Waals surface area contributed by atoms with Gasteiger partial charge in [0.1, 0.15) is 0 Å². The lowest BCUT2D eigenvalue weighted by Gasteiger charge is -2.27. The van der Waals surface area contributed by atoms with Gasteiger partial charge in [0, 0.05) is 32.7 Å². The second-order valence-corrected chi connectivity index (χ2v) is 6.46. The fraction of sp³-hybridized carbons (Fsp3) is 1.00. The lowest BCUT2D eigenvalue weighted by atomic mass is 9.89. The third-order valence-electron chi connectivity index (χ3n) is 4.99. The van der Waals surface area contributed by atoms with Crippen LogP contribution in [0.25, 0.3) is 0 Å². The van der Waals surface area contributed by atoms with Crippen molar-refractivity contribution in [2.75, 3.05) is 39.8 Å². The Kier molecular flexibility index (Phi) is 3.21. The second kappa shape index (κ2) is 4.66. The molecule has 16 heavy (non-hydrogen) atoms. The molecule has 3 aliphatic rings. The monoisotopic (exact) mass is 222 g/mol. The van der Waals surface area contributed by atoms with E-state index in [2.05, 4.69) is 16.8 Å². The molecule has 0 bridgehead atoms. The van der Waals surface area contributed by atoms with E-state index in [1.165, 1.54) is 64.8 Å². The highest BCUT2D eigenvalue weighted by molar-refractivity contribution is 4.92. The zero-order chi connectivity index (χ0) is 11.0. The van der Waals surface area contributed by atoms with E-state index >= 15 is 0 Å². The second-order valence-electron chi connectivity index (χ2n) is 6.46. The number of rotatable bonds is 2. The molecule has 0 spiro atoms. The van der Waals surface area contributed by atoms with E-state index < -0.39 is 0 Å². The number of hydrogen-bond donors (Lipinski definition) is 0. The molecule has 2 heteroatoms. The molecule has 0 aromatic carbocycles. The van der Waals surface area contributed by atoms with Gasteiger partial charge in [-0.15, -0.1) is 0 Å². The van der Waals surface area contributed by atoms with Gasteiger partial charge in [-0.1, -0.05) is 19.3 Å². The minimum absolute atomic E-state index is 0.994. The molecule has 0 aromatic heterocycles. The maximum atomic E-state index is 2.78. The van der Waals surface area contributed by atoms with Gasteiger partial charge in [0.15, 0.2) is 0 Å². The van der Waals surface area contributed by atoms with Crippen molar-refractivity contribution in [3.8, 4) is 0 Å². The Labute approximate surface area is 100.0 Å². The standard InChI is InChI=1S/C14H26N2/c1-15-8-13-10-16(11-14(13)9-15)7-12-5-3-2-4-6-12/h12-14H,2-11H2,1H3. The Balaban J connectivity index is 1.47. The average molecular weight is 222 g/mol. The Hall–Kier alpha value is -0.0800. The summed E-state index contributed by atoms with van der Waals surface area (Å²) in [5.41, 5.74) is 0. The highest BCUT2D eigenvalue weighted by Gasteiger charge is 2.38. The summed E-state index contributed by atoms with van der Waals surface area (Å²) in [5.74, 6) is 3.02. The van der Waals surface area contributed by atoms with Gasteiger partial charge in [-0.2, -0.15) is 0 Å². The zero-order valence-electron chi connectivity index (χ0n) is 10.7. The van der Waals surface area contributed by atoms with E-state index in [0.717, 1.165) is 17.8 Å². The van der Waals surface area contributed by atoms with Gasteiger partial charge in [0.2, 0.25) is 0 Å². The van der Waals surface area contributed by atoms with E-state index in [0.29, 0.717) is 0 Å². The summed E-state index contributed by atoms with van der Waals surface area (Å²) in [6.07, 6.45) is 7.49. The fourth-order valence-electron chi connectivity index (χ4n) is 4.21. The Morgan fingerprint density at radius 1 is 0.875 bits per heavy atom. The molecule has 2 heterocycles. The van der Waals surface area contributed by atoms with Gasteiger partial charge in [0.25, 0.3) is 0 Å². The Bertz CT molecular complexity index is 221. The fourth-order valence-corrected chi connectivity index (χ4v) is 4.21. The van der Waals surface area contributed by atoms with Crippen molar-refractivity contribution in [1.29, 1.82) is 0 Å². The molecule has 0 amide bonds. The summed E-state index contributed by atoms with van der Waals surface area (Å²) in [7, 11) is 2.28. The quantitative estimate of drug-likeness (QED) is 0.705. The summed E-state index contributed by atoms with van der Waals surface area (Å²) < 4.78 is 0. The first-order chi connectivity index (χ1) is 7.81. The van der Waals surface area contributed by atoms with Crippen LogP contribution in [0.1, 0.15) is 32.1 Å². The average Bonchev–Trinajstić information content (AvgIpc) is 2.76. The van der Waals surface area contributed by atoms with Crippen molar-refractivity contribution in [3.63, 3.8) is 0 Å². The summed E-state index contributed by atoms with van der Waals surface area (Å²) in [6.45, 7) is 6.91. The molecule has 2 aliphatic heterocycles. The van der Waals surface area contributed by atoms with Crippen molar-refractivity contribution in [1.82, 2.24) is 9.80 Å². The minimum atomic E-state index is 0.994. The van der Waals surface area contributed by atoms with Gasteiger partial charge >= 0.3 is 0 Å². The number of nitrogens with zero attached hydrogens (tertiary/aromatic N) is 2. The number of fused-ring (bicyclic) bond motifs is 1. The summed E-state index contributed by atoms with van der Waals surface area (Å²) in [5, 5.41) is 0. The topological polar surface area (TPSA) is 6.48 Å². The number of hydrogen-bond acceptors (Lipinski definition) is 2. The molecule has 0 radical (unpaired) electrons. The van der Waals surface area contributed by atoms with Gasteiger partial charge in [0.05, 0.1) is 0 Å². The van der Waals surface area contributed by atoms with Crippen molar-refractivity contribution in [2.45, 2.75) is 32.1 Å². The van der Waals surface area contributed by atoms with Crippen molar-refractivity contribution < 1.29 is 0 Å². The molecule has 92 valence electrons. The first-order valence-corrected chi connectivity index (χ1v) is 7.22.